The molecule has 0 amide bonds. The Labute approximate surface area is 395 Å². The van der Waals surface area contributed by atoms with E-state index in [9.17, 15) is 14.3 Å². The maximum atomic E-state index is 12.8. The number of quaternary nitrogens is 1. The zero-order chi connectivity index (χ0) is 46.9. The number of ether oxygens (including phenoxy) is 2. The van der Waals surface area contributed by atoms with Crippen molar-refractivity contribution in [3.8, 4) is 0 Å². The second kappa shape index (κ2) is 47.4. The summed E-state index contributed by atoms with van der Waals surface area (Å²) < 4.78 is 35.1. The Morgan fingerprint density at radius 1 is 0.500 bits per heavy atom. The number of rotatable bonds is 48. The number of likely N-dealkylation sites (N-methyl/N-ethyl adjacent to an activating group) is 1. The van der Waals surface area contributed by atoms with Gasteiger partial charge in [0.15, 0.2) is 0 Å². The molecule has 0 saturated carbocycles. The van der Waals surface area contributed by atoms with Crippen molar-refractivity contribution in [2.75, 3.05) is 54.1 Å². The number of nitrogens with zero attached hydrogens (tertiary/aromatic N) is 1. The number of allylic oxidation sites excluding steroid dienone is 12. The minimum absolute atomic E-state index is 0.0757. The Balaban J connectivity index is 4.21. The van der Waals surface area contributed by atoms with Crippen LogP contribution in [0.1, 0.15) is 213 Å². The van der Waals surface area contributed by atoms with Crippen LogP contribution in [0.4, 0.5) is 0 Å². The third-order valence-corrected chi connectivity index (χ3v) is 12.0. The molecule has 9 heteroatoms. The van der Waals surface area contributed by atoms with Gasteiger partial charge < -0.3 is 18.9 Å². The van der Waals surface area contributed by atoms with Crippen molar-refractivity contribution in [3.05, 3.63) is 72.9 Å². The molecular formula is C55H101NO7P+. The number of hydrogen-bond donors (Lipinski definition) is 1. The van der Waals surface area contributed by atoms with Crippen LogP contribution in [0, 0.1) is 0 Å². The third-order valence-electron chi connectivity index (χ3n) is 11.0. The predicted octanol–water partition coefficient (Wildman–Crippen LogP) is 16.2. The fourth-order valence-electron chi connectivity index (χ4n) is 7.04. The Bertz CT molecular complexity index is 1250. The monoisotopic (exact) mass is 919 g/mol. The molecule has 1 N–H and O–H groups in total. The van der Waals surface area contributed by atoms with E-state index in [-0.39, 0.29) is 25.8 Å². The van der Waals surface area contributed by atoms with Crippen LogP contribution >= 0.6 is 7.82 Å². The van der Waals surface area contributed by atoms with Crippen LogP contribution in [0.3, 0.4) is 0 Å². The van der Waals surface area contributed by atoms with Crippen molar-refractivity contribution >= 4 is 13.8 Å². The molecule has 0 heterocycles. The summed E-state index contributed by atoms with van der Waals surface area (Å²) >= 11 is 0. The minimum Gasteiger partial charge on any atom is -0.457 e. The smallest absolute Gasteiger partial charge is 0.457 e. The van der Waals surface area contributed by atoms with Gasteiger partial charge in [-0.2, -0.15) is 0 Å². The Kier molecular flexibility index (Phi) is 45.9. The van der Waals surface area contributed by atoms with Crippen molar-refractivity contribution in [1.29, 1.82) is 0 Å². The number of phosphoric ester groups is 1. The van der Waals surface area contributed by atoms with Gasteiger partial charge in [0.25, 0.3) is 0 Å². The highest BCUT2D eigenvalue weighted by Gasteiger charge is 2.26. The molecule has 0 radical (unpaired) electrons. The van der Waals surface area contributed by atoms with E-state index in [1.54, 1.807) is 0 Å². The molecule has 0 aromatic rings. The Morgan fingerprint density at radius 3 is 1.30 bits per heavy atom. The largest absolute Gasteiger partial charge is 0.472 e. The lowest BCUT2D eigenvalue weighted by Crippen LogP contribution is -2.37. The van der Waals surface area contributed by atoms with Gasteiger partial charge >= 0.3 is 13.8 Å². The molecule has 0 rings (SSSR count). The number of carbonyl (C=O) groups excluding carboxylic acids is 1. The molecule has 8 nitrogen and oxygen atoms in total. The first-order valence-corrected chi connectivity index (χ1v) is 27.7. The van der Waals surface area contributed by atoms with E-state index in [1.807, 2.05) is 21.1 Å². The lowest BCUT2D eigenvalue weighted by molar-refractivity contribution is -0.870. The van der Waals surface area contributed by atoms with E-state index < -0.39 is 13.9 Å². The number of hydrogen-bond acceptors (Lipinski definition) is 6. The molecule has 2 atom stereocenters. The van der Waals surface area contributed by atoms with Gasteiger partial charge in [-0.05, 0) is 57.8 Å². The fraction of sp³-hybridized carbons (Fsp3) is 0.764. The maximum Gasteiger partial charge on any atom is 0.472 e. The highest BCUT2D eigenvalue weighted by Crippen LogP contribution is 2.43. The molecule has 0 aromatic heterocycles. The van der Waals surface area contributed by atoms with E-state index in [0.29, 0.717) is 24.1 Å². The van der Waals surface area contributed by atoms with Gasteiger partial charge in [-0.3, -0.25) is 13.8 Å². The molecule has 0 saturated heterocycles. The first-order chi connectivity index (χ1) is 31.1. The second-order valence-electron chi connectivity index (χ2n) is 18.5. The molecule has 0 aromatic carbocycles. The van der Waals surface area contributed by atoms with Gasteiger partial charge in [0.05, 0.1) is 34.4 Å². The van der Waals surface area contributed by atoms with Gasteiger partial charge in [-0.15, -0.1) is 0 Å². The van der Waals surface area contributed by atoms with Crippen LogP contribution < -0.4 is 0 Å². The standard InChI is InChI=1S/C55H100NO7P/c1-6-8-10-12-14-16-18-20-22-24-26-28-29-30-32-34-36-38-40-42-44-46-48-55(57)63-54(53-62-64(58,59)61-51-49-56(3,4)5)52-60-50-47-45-43-41-39-37-35-33-31-27-25-23-21-19-17-15-13-11-9-7-2/h9,11,15,17,21,23,27,31,35,37,41,43,54H,6-8,10,12-14,16,18-20,22,24-26,28-30,32-34,36,38-40,42,44-53H2,1-5H3/p+1/b11-9-,17-15-,23-21-,31-27-,37-35-,43-41-. The lowest BCUT2D eigenvalue weighted by atomic mass is 10.0. The summed E-state index contributed by atoms with van der Waals surface area (Å²) in [6, 6.07) is 0. The zero-order valence-electron chi connectivity index (χ0n) is 42.3. The van der Waals surface area contributed by atoms with Crippen LogP contribution in [-0.2, 0) is 27.9 Å². The number of esters is 1. The van der Waals surface area contributed by atoms with E-state index in [2.05, 4.69) is 86.8 Å². The first-order valence-electron chi connectivity index (χ1n) is 26.2. The van der Waals surface area contributed by atoms with Crippen molar-refractivity contribution in [2.24, 2.45) is 0 Å². The predicted molar refractivity (Wildman–Crippen MR) is 275 cm³/mol. The number of unbranched alkanes of at least 4 members (excludes halogenated alkanes) is 22. The van der Waals surface area contributed by atoms with E-state index in [4.69, 9.17) is 18.5 Å². The SMILES string of the molecule is CC/C=C\C/C=C\C/C=C\C/C=C\C/C=C\C/C=C\CCCOCC(COP(=O)(O)OCC[N+](C)(C)C)OC(=O)CCCCCCCCCCCCCCCCCCCCCCCC. The van der Waals surface area contributed by atoms with Crippen molar-refractivity contribution < 1.29 is 37.3 Å². The lowest BCUT2D eigenvalue weighted by Gasteiger charge is -2.24. The summed E-state index contributed by atoms with van der Waals surface area (Å²) in [4.78, 5) is 23.0. The quantitative estimate of drug-likeness (QED) is 0.0214. The zero-order valence-corrected chi connectivity index (χ0v) is 43.1. The van der Waals surface area contributed by atoms with E-state index >= 15 is 0 Å². The van der Waals surface area contributed by atoms with Crippen molar-refractivity contribution in [2.45, 2.75) is 219 Å². The van der Waals surface area contributed by atoms with Gasteiger partial charge in [-0.1, -0.05) is 222 Å². The third kappa shape index (κ3) is 50.9. The molecule has 372 valence electrons. The fourth-order valence-corrected chi connectivity index (χ4v) is 7.78. The highest BCUT2D eigenvalue weighted by molar-refractivity contribution is 7.47. The molecule has 2 unspecified atom stereocenters. The maximum absolute atomic E-state index is 12.8. The Hall–Kier alpha value is -2.06. The van der Waals surface area contributed by atoms with Crippen LogP contribution in [0.2, 0.25) is 0 Å². The second-order valence-corrected chi connectivity index (χ2v) is 20.0. The van der Waals surface area contributed by atoms with Gasteiger partial charge in [0, 0.05) is 13.0 Å². The summed E-state index contributed by atoms with van der Waals surface area (Å²) in [5.41, 5.74) is 0. The average Bonchev–Trinajstić information content (AvgIpc) is 3.25. The molecule has 0 spiro atoms. The van der Waals surface area contributed by atoms with Crippen molar-refractivity contribution in [1.82, 2.24) is 0 Å². The molecule has 0 aliphatic carbocycles. The molecular weight excluding hydrogens is 818 g/mol. The van der Waals surface area contributed by atoms with Gasteiger partial charge in [0.2, 0.25) is 0 Å². The summed E-state index contributed by atoms with van der Waals surface area (Å²) in [6.45, 7) is 5.37. The first kappa shape index (κ1) is 61.9. The Morgan fingerprint density at radius 2 is 0.891 bits per heavy atom. The van der Waals surface area contributed by atoms with E-state index in [0.717, 1.165) is 70.6 Å². The molecule has 0 bridgehead atoms. The van der Waals surface area contributed by atoms with Crippen LogP contribution in [-0.4, -0.2) is 75.6 Å². The average molecular weight is 919 g/mol. The number of carbonyl (C=O) groups is 1. The normalized spacial score (nSPS) is 14.2. The molecule has 0 fully saturated rings. The van der Waals surface area contributed by atoms with Crippen LogP contribution in [0.5, 0.6) is 0 Å². The minimum atomic E-state index is -4.30. The van der Waals surface area contributed by atoms with Crippen molar-refractivity contribution in [3.63, 3.8) is 0 Å². The van der Waals surface area contributed by atoms with Gasteiger partial charge in [-0.25, -0.2) is 4.57 Å². The topological polar surface area (TPSA) is 91.3 Å². The summed E-state index contributed by atoms with van der Waals surface area (Å²) in [7, 11) is 1.63. The number of phosphoric acid groups is 1. The summed E-state index contributed by atoms with van der Waals surface area (Å²) in [5, 5.41) is 0. The summed E-state index contributed by atoms with van der Waals surface area (Å²) in [5.74, 6) is -0.331. The summed E-state index contributed by atoms with van der Waals surface area (Å²) in [6.07, 6.45) is 62.6. The van der Waals surface area contributed by atoms with E-state index in [1.165, 1.54) is 122 Å². The van der Waals surface area contributed by atoms with Crippen LogP contribution in [0.15, 0.2) is 72.9 Å². The highest BCUT2D eigenvalue weighted by atomic mass is 31.2. The molecule has 0 aliphatic heterocycles. The van der Waals surface area contributed by atoms with Crippen LogP contribution in [0.25, 0.3) is 0 Å². The molecule has 0 aliphatic rings. The molecule has 64 heavy (non-hydrogen) atoms. The van der Waals surface area contributed by atoms with Gasteiger partial charge in [0.1, 0.15) is 19.3 Å².